The molecule has 132 valence electrons. The largest absolute Gasteiger partial charge is 0.465 e. The molecule has 0 unspecified atom stereocenters. The van der Waals surface area contributed by atoms with Crippen molar-refractivity contribution in [1.29, 1.82) is 0 Å². The normalized spacial score (nSPS) is 14.9. The molecule has 0 spiro atoms. The molecule has 7 nitrogen and oxygen atoms in total. The van der Waals surface area contributed by atoms with Gasteiger partial charge in [-0.2, -0.15) is 0 Å². The fraction of sp³-hybridized carbons (Fsp3) is 0.529. The molecule has 1 fully saturated rings. The average molecular weight is 335 g/mol. The van der Waals surface area contributed by atoms with Crippen LogP contribution in [0.4, 0.5) is 5.69 Å². The topological polar surface area (TPSA) is 79.9 Å². The molecule has 2 N–H and O–H groups in total. The molecule has 1 amide bonds. The van der Waals surface area contributed by atoms with E-state index in [1.807, 2.05) is 6.07 Å². The van der Waals surface area contributed by atoms with Gasteiger partial charge in [-0.15, -0.1) is 0 Å². The minimum atomic E-state index is -0.375. The van der Waals surface area contributed by atoms with E-state index >= 15 is 0 Å². The van der Waals surface area contributed by atoms with Gasteiger partial charge in [-0.3, -0.25) is 9.69 Å². The van der Waals surface area contributed by atoms with Gasteiger partial charge in [0.2, 0.25) is 5.91 Å². The highest BCUT2D eigenvalue weighted by molar-refractivity contribution is 5.90. The second-order valence-corrected chi connectivity index (χ2v) is 5.55. The summed E-state index contributed by atoms with van der Waals surface area (Å²) in [6, 6.07) is 7.03. The monoisotopic (exact) mass is 335 g/mol. The Morgan fingerprint density at radius 1 is 1.25 bits per heavy atom. The van der Waals surface area contributed by atoms with Crippen molar-refractivity contribution >= 4 is 17.6 Å². The molecule has 1 aromatic rings. The van der Waals surface area contributed by atoms with Crippen molar-refractivity contribution in [2.45, 2.75) is 6.42 Å². The van der Waals surface area contributed by atoms with Crippen LogP contribution in [0.1, 0.15) is 16.8 Å². The molecular weight excluding hydrogens is 310 g/mol. The highest BCUT2D eigenvalue weighted by atomic mass is 16.5. The van der Waals surface area contributed by atoms with Crippen molar-refractivity contribution in [2.75, 3.05) is 58.4 Å². The minimum absolute atomic E-state index is 0.0138. The van der Waals surface area contributed by atoms with Crippen molar-refractivity contribution in [3.05, 3.63) is 29.8 Å². The second-order valence-electron chi connectivity index (χ2n) is 5.55. The summed E-state index contributed by atoms with van der Waals surface area (Å²) in [5.74, 6) is -0.362. The standard InChI is InChI=1S/C17H25N3O4/c1-23-17(22)14-3-2-4-15(13-14)18-6-5-16(21)19-7-8-20-9-11-24-12-10-20/h2-4,13,18H,5-12H2,1H3,(H,19,21). The lowest BCUT2D eigenvalue weighted by atomic mass is 10.2. The Balaban J connectivity index is 1.62. The first-order chi connectivity index (χ1) is 11.7. The minimum Gasteiger partial charge on any atom is -0.465 e. The third-order valence-corrected chi connectivity index (χ3v) is 3.82. The number of nitrogens with one attached hydrogen (secondary N) is 2. The maximum absolute atomic E-state index is 11.8. The van der Waals surface area contributed by atoms with E-state index in [-0.39, 0.29) is 11.9 Å². The zero-order valence-corrected chi connectivity index (χ0v) is 14.0. The molecule has 2 rings (SSSR count). The van der Waals surface area contributed by atoms with Crippen molar-refractivity contribution in [3.8, 4) is 0 Å². The summed E-state index contributed by atoms with van der Waals surface area (Å²) in [6.45, 7) is 5.39. The lowest BCUT2D eigenvalue weighted by Gasteiger charge is -2.26. The summed E-state index contributed by atoms with van der Waals surface area (Å²) in [4.78, 5) is 25.6. The summed E-state index contributed by atoms with van der Waals surface area (Å²) in [5.41, 5.74) is 1.27. The molecule has 7 heteroatoms. The predicted molar refractivity (Wildman–Crippen MR) is 91.2 cm³/mol. The van der Waals surface area contributed by atoms with Crippen LogP contribution in [-0.2, 0) is 14.3 Å². The quantitative estimate of drug-likeness (QED) is 0.682. The van der Waals surface area contributed by atoms with Crippen LogP contribution in [0.25, 0.3) is 0 Å². The zero-order chi connectivity index (χ0) is 17.2. The van der Waals surface area contributed by atoms with Crippen molar-refractivity contribution in [2.24, 2.45) is 0 Å². The van der Waals surface area contributed by atoms with E-state index in [1.54, 1.807) is 18.2 Å². The van der Waals surface area contributed by atoms with E-state index in [1.165, 1.54) is 7.11 Å². The Morgan fingerprint density at radius 2 is 2.04 bits per heavy atom. The summed E-state index contributed by atoms with van der Waals surface area (Å²) < 4.78 is 9.97. The summed E-state index contributed by atoms with van der Waals surface area (Å²) in [5, 5.41) is 6.06. The average Bonchev–Trinajstić information content (AvgIpc) is 2.62. The number of methoxy groups -OCH3 is 1. The van der Waals surface area contributed by atoms with Gasteiger partial charge in [0.05, 0.1) is 25.9 Å². The second kappa shape index (κ2) is 9.89. The van der Waals surface area contributed by atoms with Crippen LogP contribution < -0.4 is 10.6 Å². The molecule has 0 radical (unpaired) electrons. The van der Waals surface area contributed by atoms with E-state index in [9.17, 15) is 9.59 Å². The van der Waals surface area contributed by atoms with Gasteiger partial charge in [0.25, 0.3) is 0 Å². The van der Waals surface area contributed by atoms with Crippen LogP contribution >= 0.6 is 0 Å². The van der Waals surface area contributed by atoms with Crippen LogP contribution in [0, 0.1) is 0 Å². The molecule has 0 saturated carbocycles. The number of anilines is 1. The van der Waals surface area contributed by atoms with Gasteiger partial charge in [-0.25, -0.2) is 4.79 Å². The number of nitrogens with zero attached hydrogens (tertiary/aromatic N) is 1. The lowest BCUT2D eigenvalue weighted by Crippen LogP contribution is -2.41. The number of hydrogen-bond donors (Lipinski definition) is 2. The number of carbonyl (C=O) groups excluding carboxylic acids is 2. The number of hydrogen-bond acceptors (Lipinski definition) is 6. The first kappa shape index (κ1) is 18.2. The third kappa shape index (κ3) is 6.17. The number of esters is 1. The van der Waals surface area contributed by atoms with Crippen molar-refractivity contribution in [3.63, 3.8) is 0 Å². The Morgan fingerprint density at radius 3 is 2.79 bits per heavy atom. The highest BCUT2D eigenvalue weighted by Gasteiger charge is 2.10. The van der Waals surface area contributed by atoms with Crippen LogP contribution in [0.3, 0.4) is 0 Å². The van der Waals surface area contributed by atoms with E-state index in [0.29, 0.717) is 25.1 Å². The predicted octanol–water partition coefficient (Wildman–Crippen LogP) is 0.724. The lowest BCUT2D eigenvalue weighted by molar-refractivity contribution is -0.120. The Labute approximate surface area is 142 Å². The summed E-state index contributed by atoms with van der Waals surface area (Å²) in [6.07, 6.45) is 0.381. The fourth-order valence-corrected chi connectivity index (χ4v) is 2.46. The number of amides is 1. The van der Waals surface area contributed by atoms with Crippen LogP contribution in [0.2, 0.25) is 0 Å². The summed E-state index contributed by atoms with van der Waals surface area (Å²) in [7, 11) is 1.35. The molecule has 1 aromatic carbocycles. The fourth-order valence-electron chi connectivity index (χ4n) is 2.46. The Bertz CT molecular complexity index is 544. The summed E-state index contributed by atoms with van der Waals surface area (Å²) >= 11 is 0. The molecule has 0 atom stereocenters. The molecule has 0 aliphatic carbocycles. The smallest absolute Gasteiger partial charge is 0.337 e. The van der Waals surface area contributed by atoms with Gasteiger partial charge in [0.1, 0.15) is 0 Å². The third-order valence-electron chi connectivity index (χ3n) is 3.82. The SMILES string of the molecule is COC(=O)c1cccc(NCCC(=O)NCCN2CCOCC2)c1. The highest BCUT2D eigenvalue weighted by Crippen LogP contribution is 2.11. The number of carbonyl (C=O) groups is 2. The van der Waals surface area contributed by atoms with Crippen LogP contribution in [0.15, 0.2) is 24.3 Å². The molecule has 1 aliphatic heterocycles. The molecule has 1 heterocycles. The molecule has 24 heavy (non-hydrogen) atoms. The van der Waals surface area contributed by atoms with Gasteiger partial charge in [-0.05, 0) is 18.2 Å². The maximum atomic E-state index is 11.8. The maximum Gasteiger partial charge on any atom is 0.337 e. The van der Waals surface area contributed by atoms with Crippen LogP contribution in [0.5, 0.6) is 0 Å². The van der Waals surface area contributed by atoms with Gasteiger partial charge < -0.3 is 20.1 Å². The zero-order valence-electron chi connectivity index (χ0n) is 14.0. The van der Waals surface area contributed by atoms with Crippen LogP contribution in [-0.4, -0.2) is 69.8 Å². The van der Waals surface area contributed by atoms with Gasteiger partial charge in [-0.1, -0.05) is 6.07 Å². The van der Waals surface area contributed by atoms with Gasteiger partial charge >= 0.3 is 5.97 Å². The van der Waals surface area contributed by atoms with E-state index < -0.39 is 0 Å². The number of ether oxygens (including phenoxy) is 2. The number of benzene rings is 1. The Hall–Kier alpha value is -2.12. The first-order valence-electron chi connectivity index (χ1n) is 8.18. The molecule has 0 aromatic heterocycles. The van der Waals surface area contributed by atoms with E-state index in [0.717, 1.165) is 38.5 Å². The van der Waals surface area contributed by atoms with Gasteiger partial charge in [0.15, 0.2) is 0 Å². The molecular formula is C17H25N3O4. The number of morpholine rings is 1. The van der Waals surface area contributed by atoms with Gasteiger partial charge in [0, 0.05) is 44.8 Å². The molecule has 0 bridgehead atoms. The van der Waals surface area contributed by atoms with E-state index in [2.05, 4.69) is 20.3 Å². The first-order valence-corrected chi connectivity index (χ1v) is 8.18. The molecule has 1 saturated heterocycles. The van der Waals surface area contributed by atoms with Crippen molar-refractivity contribution < 1.29 is 19.1 Å². The Kier molecular flexibility index (Phi) is 7.51. The van der Waals surface area contributed by atoms with E-state index in [4.69, 9.17) is 4.74 Å². The molecule has 1 aliphatic rings. The number of rotatable bonds is 8. The van der Waals surface area contributed by atoms with Crippen molar-refractivity contribution in [1.82, 2.24) is 10.2 Å².